The van der Waals surface area contributed by atoms with Crippen molar-refractivity contribution in [3.05, 3.63) is 58.9 Å². The predicted octanol–water partition coefficient (Wildman–Crippen LogP) is 3.57. The first-order chi connectivity index (χ1) is 13.6. The van der Waals surface area contributed by atoms with Gasteiger partial charge in [-0.05, 0) is 41.7 Å². The van der Waals surface area contributed by atoms with E-state index in [0.717, 1.165) is 5.56 Å². The van der Waals surface area contributed by atoms with Gasteiger partial charge in [0.15, 0.2) is 0 Å². The minimum Gasteiger partial charge on any atom is -0.480 e. The number of carboxylic acid groups (broad SMARTS) is 1. The van der Waals surface area contributed by atoms with Crippen LogP contribution < -0.4 is 10.6 Å². The van der Waals surface area contributed by atoms with Gasteiger partial charge in [-0.1, -0.05) is 44.5 Å². The molecule has 0 bridgehead atoms. The quantitative estimate of drug-likeness (QED) is 0.715. The Morgan fingerprint density at radius 3 is 2.66 bits per heavy atom. The molecule has 0 radical (unpaired) electrons. The Bertz CT molecular complexity index is 973. The highest BCUT2D eigenvalue weighted by molar-refractivity contribution is 6.31. The van der Waals surface area contributed by atoms with Crippen LogP contribution in [0.15, 0.2) is 42.6 Å². The molecular formula is C22H24ClN3O3. The fourth-order valence-electron chi connectivity index (χ4n) is 4.92. The van der Waals surface area contributed by atoms with Crippen LogP contribution in [-0.4, -0.2) is 34.1 Å². The number of anilines is 1. The summed E-state index contributed by atoms with van der Waals surface area (Å²) in [5.74, 6) is -1.86. The monoisotopic (exact) mass is 413 g/mol. The fraction of sp³-hybridized carbons (Fsp3) is 0.409. The molecule has 1 aromatic carbocycles. The van der Waals surface area contributed by atoms with Crippen molar-refractivity contribution in [2.24, 2.45) is 5.41 Å². The lowest BCUT2D eigenvalue weighted by molar-refractivity contribution is -0.139. The Kier molecular flexibility index (Phi) is 4.67. The number of hydrogen-bond donors (Lipinski definition) is 3. The first kappa shape index (κ1) is 19.9. The van der Waals surface area contributed by atoms with Gasteiger partial charge in [-0.3, -0.25) is 19.9 Å². The largest absolute Gasteiger partial charge is 0.480 e. The maximum absolute atomic E-state index is 13.6. The first-order valence-electron chi connectivity index (χ1n) is 9.66. The van der Waals surface area contributed by atoms with Gasteiger partial charge in [0.1, 0.15) is 11.5 Å². The number of nitrogens with one attached hydrogen (secondary N) is 2. The number of aliphatic carboxylic acids is 1. The summed E-state index contributed by atoms with van der Waals surface area (Å²) in [6.45, 7) is 6.26. The molecule has 29 heavy (non-hydrogen) atoms. The van der Waals surface area contributed by atoms with Gasteiger partial charge in [-0.2, -0.15) is 0 Å². The van der Waals surface area contributed by atoms with E-state index in [1.165, 1.54) is 0 Å². The third-order valence-corrected chi connectivity index (χ3v) is 6.13. The zero-order valence-electron chi connectivity index (χ0n) is 16.6. The van der Waals surface area contributed by atoms with Crippen molar-refractivity contribution in [3.8, 4) is 0 Å². The summed E-state index contributed by atoms with van der Waals surface area (Å²) in [6, 6.07) is 9.40. The van der Waals surface area contributed by atoms with Crippen LogP contribution in [-0.2, 0) is 15.0 Å². The molecule has 4 rings (SSSR count). The van der Waals surface area contributed by atoms with Crippen molar-refractivity contribution in [1.29, 1.82) is 0 Å². The highest BCUT2D eigenvalue weighted by Crippen LogP contribution is 2.56. The molecule has 0 saturated carbocycles. The van der Waals surface area contributed by atoms with E-state index in [1.54, 1.807) is 30.5 Å². The Morgan fingerprint density at radius 2 is 2.03 bits per heavy atom. The number of nitrogens with zero attached hydrogens (tertiary/aromatic N) is 1. The highest BCUT2D eigenvalue weighted by Gasteiger charge is 2.66. The number of carbonyl (C=O) groups is 2. The van der Waals surface area contributed by atoms with E-state index < -0.39 is 23.3 Å². The molecule has 1 saturated heterocycles. The summed E-state index contributed by atoms with van der Waals surface area (Å²) >= 11 is 6.17. The SMILES string of the molecule is CC(C)(C)C[C@H]1N[C@@H](C(=O)O)[C@H](c2ccccn2)[C@@]12C(=O)Nc1cc(Cl)ccc12. The molecule has 6 nitrogen and oxygen atoms in total. The number of aromatic nitrogens is 1. The zero-order chi connectivity index (χ0) is 21.0. The minimum atomic E-state index is -1.09. The second-order valence-corrected chi connectivity index (χ2v) is 9.48. The number of amides is 1. The van der Waals surface area contributed by atoms with Gasteiger partial charge in [-0.15, -0.1) is 0 Å². The van der Waals surface area contributed by atoms with Crippen molar-refractivity contribution >= 4 is 29.2 Å². The zero-order valence-corrected chi connectivity index (χ0v) is 17.3. The van der Waals surface area contributed by atoms with E-state index in [4.69, 9.17) is 11.6 Å². The summed E-state index contributed by atoms with van der Waals surface area (Å²) in [5, 5.41) is 16.8. The highest BCUT2D eigenvalue weighted by atomic mass is 35.5. The van der Waals surface area contributed by atoms with Gasteiger partial charge in [0.25, 0.3) is 0 Å². The molecule has 152 valence electrons. The smallest absolute Gasteiger partial charge is 0.321 e. The first-order valence-corrected chi connectivity index (χ1v) is 10.0. The lowest BCUT2D eigenvalue weighted by atomic mass is 9.63. The molecule has 4 atom stereocenters. The molecule has 1 fully saturated rings. The molecule has 2 aliphatic rings. The number of benzene rings is 1. The summed E-state index contributed by atoms with van der Waals surface area (Å²) in [6.07, 6.45) is 2.25. The molecule has 0 unspecified atom stereocenters. The molecule has 1 aromatic heterocycles. The van der Waals surface area contributed by atoms with E-state index >= 15 is 0 Å². The third kappa shape index (κ3) is 3.11. The van der Waals surface area contributed by atoms with Crippen molar-refractivity contribution in [3.63, 3.8) is 0 Å². The molecule has 3 heterocycles. The van der Waals surface area contributed by atoms with Gasteiger partial charge in [0.2, 0.25) is 5.91 Å². The number of carbonyl (C=O) groups excluding carboxylic acids is 1. The summed E-state index contributed by atoms with van der Waals surface area (Å²) in [7, 11) is 0. The Morgan fingerprint density at radius 1 is 1.28 bits per heavy atom. The summed E-state index contributed by atoms with van der Waals surface area (Å²) in [4.78, 5) is 30.3. The van der Waals surface area contributed by atoms with E-state index in [9.17, 15) is 14.7 Å². The molecule has 1 amide bonds. The minimum absolute atomic E-state index is 0.123. The average Bonchev–Trinajstić information content (AvgIpc) is 3.11. The Balaban J connectivity index is 1.99. The van der Waals surface area contributed by atoms with Crippen LogP contribution in [0.25, 0.3) is 0 Å². The maximum atomic E-state index is 13.6. The van der Waals surface area contributed by atoms with Crippen molar-refractivity contribution in [2.75, 3.05) is 5.32 Å². The van der Waals surface area contributed by atoms with Gasteiger partial charge in [-0.25, -0.2) is 0 Å². The van der Waals surface area contributed by atoms with E-state index in [1.807, 2.05) is 12.1 Å². The third-order valence-electron chi connectivity index (χ3n) is 5.89. The Hall–Kier alpha value is -2.44. The molecule has 2 aromatic rings. The summed E-state index contributed by atoms with van der Waals surface area (Å²) < 4.78 is 0. The number of halogens is 1. The fourth-order valence-corrected chi connectivity index (χ4v) is 5.09. The second kappa shape index (κ2) is 6.82. The lowest BCUT2D eigenvalue weighted by Gasteiger charge is -2.37. The van der Waals surface area contributed by atoms with Crippen LogP contribution in [0.2, 0.25) is 5.02 Å². The normalized spacial score (nSPS) is 28.4. The summed E-state index contributed by atoms with van der Waals surface area (Å²) in [5.41, 5.74) is 0.775. The number of pyridine rings is 1. The van der Waals surface area contributed by atoms with Crippen molar-refractivity contribution in [1.82, 2.24) is 10.3 Å². The van der Waals surface area contributed by atoms with Crippen molar-refractivity contribution < 1.29 is 14.7 Å². The topological polar surface area (TPSA) is 91.3 Å². The number of rotatable bonds is 3. The maximum Gasteiger partial charge on any atom is 0.321 e. The lowest BCUT2D eigenvalue weighted by Crippen LogP contribution is -2.49. The van der Waals surface area contributed by atoms with Crippen LogP contribution in [0.3, 0.4) is 0 Å². The second-order valence-electron chi connectivity index (χ2n) is 9.05. The molecule has 0 aliphatic carbocycles. The molecule has 1 spiro atoms. The molecule has 3 N–H and O–H groups in total. The van der Waals surface area contributed by atoms with Gasteiger partial charge in [0.05, 0.1) is 0 Å². The molecule has 2 aliphatic heterocycles. The predicted molar refractivity (Wildman–Crippen MR) is 111 cm³/mol. The van der Waals surface area contributed by atoms with E-state index in [2.05, 4.69) is 36.4 Å². The number of hydrogen-bond acceptors (Lipinski definition) is 4. The van der Waals surface area contributed by atoms with Gasteiger partial charge < -0.3 is 10.4 Å². The van der Waals surface area contributed by atoms with Crippen LogP contribution in [0.5, 0.6) is 0 Å². The van der Waals surface area contributed by atoms with Gasteiger partial charge >= 0.3 is 5.97 Å². The van der Waals surface area contributed by atoms with Gasteiger partial charge in [0, 0.05) is 34.6 Å². The van der Waals surface area contributed by atoms with Crippen LogP contribution in [0.4, 0.5) is 5.69 Å². The van der Waals surface area contributed by atoms with E-state index in [0.29, 0.717) is 22.8 Å². The van der Waals surface area contributed by atoms with Crippen LogP contribution >= 0.6 is 11.6 Å². The van der Waals surface area contributed by atoms with Crippen LogP contribution in [0, 0.1) is 5.41 Å². The molecular weight excluding hydrogens is 390 g/mol. The molecule has 7 heteroatoms. The van der Waals surface area contributed by atoms with E-state index in [-0.39, 0.29) is 17.4 Å². The van der Waals surface area contributed by atoms with Crippen LogP contribution in [0.1, 0.15) is 44.4 Å². The number of carboxylic acids is 1. The van der Waals surface area contributed by atoms with Crippen molar-refractivity contribution in [2.45, 2.75) is 50.6 Å². The number of fused-ring (bicyclic) bond motifs is 2. The average molecular weight is 414 g/mol. The Labute approximate surface area is 174 Å². The standard InChI is InChI=1S/C22H24ClN3O3/c1-21(2,3)11-16-22(13-8-7-12(23)10-15(13)25-20(22)29)17(18(26-16)19(27)28)14-6-4-5-9-24-14/h4-10,16-18,26H,11H2,1-3H3,(H,25,29)(H,27,28)/t16-,17+,18-,22+/m1/s1.